The zero-order valence-corrected chi connectivity index (χ0v) is 29.8. The topological polar surface area (TPSA) is 61.8 Å². The van der Waals surface area contributed by atoms with Crippen LogP contribution in [0.2, 0.25) is 0 Å². The first-order valence-electron chi connectivity index (χ1n) is 18.5. The molecule has 0 bridgehead atoms. The van der Waals surface area contributed by atoms with Crippen molar-refractivity contribution in [3.05, 3.63) is 72.9 Å². The van der Waals surface area contributed by atoms with Crippen molar-refractivity contribution in [2.24, 2.45) is 0 Å². The molecule has 0 N–H and O–H groups in total. The maximum atomic E-state index is 12.4. The molecule has 1 atom stereocenters. The van der Waals surface area contributed by atoms with Crippen molar-refractivity contribution in [1.29, 1.82) is 0 Å². The summed E-state index contributed by atoms with van der Waals surface area (Å²) in [4.78, 5) is 24.6. The van der Waals surface area contributed by atoms with Gasteiger partial charge < -0.3 is 14.2 Å². The number of unbranched alkanes of at least 4 members (excludes halogenated alkanes) is 9. The Balaban J connectivity index is 4.15. The Morgan fingerprint density at radius 2 is 0.957 bits per heavy atom. The van der Waals surface area contributed by atoms with E-state index in [2.05, 4.69) is 93.7 Å². The van der Waals surface area contributed by atoms with E-state index in [0.29, 0.717) is 19.4 Å². The number of allylic oxidation sites excluding steroid dienone is 12. The molecule has 0 amide bonds. The molecular formula is C41H68O5. The molecule has 1 unspecified atom stereocenters. The highest BCUT2D eigenvalue weighted by atomic mass is 16.6. The first-order valence-corrected chi connectivity index (χ1v) is 18.5. The quantitative estimate of drug-likeness (QED) is 0.0416. The van der Waals surface area contributed by atoms with Gasteiger partial charge in [-0.25, -0.2) is 0 Å². The second kappa shape index (κ2) is 36.8. The lowest BCUT2D eigenvalue weighted by Gasteiger charge is -2.18. The number of rotatable bonds is 32. The molecule has 0 aromatic rings. The Kier molecular flexibility index (Phi) is 34.7. The molecule has 0 aliphatic carbocycles. The summed E-state index contributed by atoms with van der Waals surface area (Å²) in [5.41, 5.74) is 0. The maximum absolute atomic E-state index is 12.4. The van der Waals surface area contributed by atoms with E-state index in [1.165, 1.54) is 25.7 Å². The molecule has 262 valence electrons. The molecule has 0 rings (SSSR count). The van der Waals surface area contributed by atoms with Crippen LogP contribution in [0.5, 0.6) is 0 Å². The zero-order valence-electron chi connectivity index (χ0n) is 29.8. The second-order valence-corrected chi connectivity index (χ2v) is 11.8. The number of hydrogen-bond acceptors (Lipinski definition) is 5. The van der Waals surface area contributed by atoms with Crippen LogP contribution in [0.1, 0.15) is 149 Å². The second-order valence-electron chi connectivity index (χ2n) is 11.8. The molecule has 0 aliphatic rings. The third-order valence-corrected chi connectivity index (χ3v) is 7.26. The summed E-state index contributed by atoms with van der Waals surface area (Å²) in [7, 11) is 0. The molecule has 46 heavy (non-hydrogen) atoms. The Labute approximate surface area is 283 Å². The van der Waals surface area contributed by atoms with Gasteiger partial charge in [-0.1, -0.05) is 145 Å². The predicted molar refractivity (Wildman–Crippen MR) is 196 cm³/mol. The minimum absolute atomic E-state index is 0.0581. The van der Waals surface area contributed by atoms with Crippen molar-refractivity contribution >= 4 is 11.9 Å². The lowest BCUT2D eigenvalue weighted by atomic mass is 10.1. The third-order valence-electron chi connectivity index (χ3n) is 7.26. The van der Waals surface area contributed by atoms with E-state index >= 15 is 0 Å². The van der Waals surface area contributed by atoms with E-state index in [4.69, 9.17) is 14.2 Å². The monoisotopic (exact) mass is 641 g/mol. The molecule has 0 spiro atoms. The van der Waals surface area contributed by atoms with Gasteiger partial charge in [0.15, 0.2) is 6.10 Å². The lowest BCUT2D eigenvalue weighted by Crippen LogP contribution is -2.30. The van der Waals surface area contributed by atoms with Crippen LogP contribution in [-0.4, -0.2) is 37.9 Å². The molecular weight excluding hydrogens is 572 g/mol. The average molecular weight is 641 g/mol. The Hall–Kier alpha value is -2.66. The standard InChI is InChI=1S/C41H68O5/c1-4-7-10-13-14-15-16-17-18-19-20-21-22-23-24-25-26-27-30-33-36-44-37-39(46-41(43)35-32-29-12-9-6-3)38-45-40(42)34-31-28-11-8-5-2/h7,10,14-15,17-18,20-21,23-24,26-27,39H,4-6,8-9,11-13,16,19,22,25,28-38H2,1-3H3/b10-7-,15-14-,18-17-,21-20-,24-23-,27-26-. The van der Waals surface area contributed by atoms with E-state index < -0.39 is 6.10 Å². The van der Waals surface area contributed by atoms with E-state index in [1.807, 2.05) is 0 Å². The molecule has 0 aromatic heterocycles. The fraction of sp³-hybridized carbons (Fsp3) is 0.659. The van der Waals surface area contributed by atoms with Gasteiger partial charge in [0.25, 0.3) is 0 Å². The van der Waals surface area contributed by atoms with Crippen LogP contribution in [0.15, 0.2) is 72.9 Å². The van der Waals surface area contributed by atoms with Crippen molar-refractivity contribution in [1.82, 2.24) is 0 Å². The summed E-state index contributed by atoms with van der Waals surface area (Å²) >= 11 is 0. The minimum Gasteiger partial charge on any atom is -0.462 e. The first-order chi connectivity index (χ1) is 22.6. The van der Waals surface area contributed by atoms with Gasteiger partial charge >= 0.3 is 11.9 Å². The SMILES string of the molecule is CC/C=C\C/C=C\C/C=C\C/C=C\C/C=C\C/C=C\CCCOCC(COC(=O)CCCCCCC)OC(=O)CCCCCCC. The summed E-state index contributed by atoms with van der Waals surface area (Å²) in [6, 6.07) is 0. The van der Waals surface area contributed by atoms with Crippen LogP contribution < -0.4 is 0 Å². The minimum atomic E-state index is -0.557. The van der Waals surface area contributed by atoms with Crippen LogP contribution in [0.25, 0.3) is 0 Å². The van der Waals surface area contributed by atoms with E-state index in [0.717, 1.165) is 89.9 Å². The van der Waals surface area contributed by atoms with Gasteiger partial charge in [0, 0.05) is 19.4 Å². The summed E-state index contributed by atoms with van der Waals surface area (Å²) < 4.78 is 16.9. The lowest BCUT2D eigenvalue weighted by molar-refractivity contribution is -0.163. The molecule has 0 radical (unpaired) electrons. The van der Waals surface area contributed by atoms with Gasteiger partial charge in [-0.15, -0.1) is 0 Å². The predicted octanol–water partition coefficient (Wildman–Crippen LogP) is 11.7. The van der Waals surface area contributed by atoms with Crippen molar-refractivity contribution in [3.8, 4) is 0 Å². The fourth-order valence-electron chi connectivity index (χ4n) is 4.52. The van der Waals surface area contributed by atoms with Crippen LogP contribution >= 0.6 is 0 Å². The van der Waals surface area contributed by atoms with Crippen LogP contribution in [0.3, 0.4) is 0 Å². The highest BCUT2D eigenvalue weighted by Gasteiger charge is 2.17. The summed E-state index contributed by atoms with van der Waals surface area (Å²) in [6.07, 6.45) is 45.3. The van der Waals surface area contributed by atoms with Gasteiger partial charge in [-0.05, 0) is 64.2 Å². The maximum Gasteiger partial charge on any atom is 0.306 e. The van der Waals surface area contributed by atoms with Crippen molar-refractivity contribution in [3.63, 3.8) is 0 Å². The van der Waals surface area contributed by atoms with Crippen LogP contribution in [0, 0.1) is 0 Å². The normalized spacial score (nSPS) is 13.0. The fourth-order valence-corrected chi connectivity index (χ4v) is 4.52. The Morgan fingerprint density at radius 3 is 1.46 bits per heavy atom. The Bertz CT molecular complexity index is 864. The molecule has 0 saturated carbocycles. The number of esters is 2. The zero-order chi connectivity index (χ0) is 33.6. The van der Waals surface area contributed by atoms with Crippen LogP contribution in [0.4, 0.5) is 0 Å². The summed E-state index contributed by atoms with van der Waals surface area (Å²) in [6.45, 7) is 7.38. The molecule has 0 aromatic carbocycles. The van der Waals surface area contributed by atoms with Crippen molar-refractivity contribution < 1.29 is 23.8 Å². The molecule has 0 saturated heterocycles. The average Bonchev–Trinajstić information content (AvgIpc) is 3.05. The van der Waals surface area contributed by atoms with Crippen LogP contribution in [-0.2, 0) is 23.8 Å². The van der Waals surface area contributed by atoms with Gasteiger partial charge in [-0.3, -0.25) is 9.59 Å². The summed E-state index contributed by atoms with van der Waals surface area (Å²) in [5.74, 6) is -0.464. The number of carbonyl (C=O) groups excluding carboxylic acids is 2. The van der Waals surface area contributed by atoms with Gasteiger partial charge in [0.05, 0.1) is 6.61 Å². The van der Waals surface area contributed by atoms with E-state index in [-0.39, 0.29) is 25.2 Å². The molecule has 5 nitrogen and oxygen atoms in total. The number of hydrogen-bond donors (Lipinski definition) is 0. The Morgan fingerprint density at radius 1 is 0.500 bits per heavy atom. The highest BCUT2D eigenvalue weighted by molar-refractivity contribution is 5.70. The first kappa shape index (κ1) is 43.3. The largest absolute Gasteiger partial charge is 0.462 e. The molecule has 5 heteroatoms. The highest BCUT2D eigenvalue weighted by Crippen LogP contribution is 2.09. The number of ether oxygens (including phenoxy) is 3. The van der Waals surface area contributed by atoms with E-state index in [1.54, 1.807) is 0 Å². The van der Waals surface area contributed by atoms with Crippen molar-refractivity contribution in [2.45, 2.75) is 155 Å². The number of carbonyl (C=O) groups is 2. The molecule has 0 heterocycles. The third kappa shape index (κ3) is 34.2. The van der Waals surface area contributed by atoms with E-state index in [9.17, 15) is 9.59 Å². The van der Waals surface area contributed by atoms with Gasteiger partial charge in [-0.2, -0.15) is 0 Å². The summed E-state index contributed by atoms with van der Waals surface area (Å²) in [5, 5.41) is 0. The molecule has 0 fully saturated rings. The molecule has 0 aliphatic heterocycles. The van der Waals surface area contributed by atoms with Crippen molar-refractivity contribution in [2.75, 3.05) is 19.8 Å². The smallest absolute Gasteiger partial charge is 0.306 e. The van der Waals surface area contributed by atoms with Gasteiger partial charge in [0.1, 0.15) is 6.61 Å². The van der Waals surface area contributed by atoms with Gasteiger partial charge in [0.2, 0.25) is 0 Å².